The fraction of sp³-hybridized carbons (Fsp3) is 0.308. The van der Waals surface area contributed by atoms with Gasteiger partial charge in [-0.15, -0.1) is 0 Å². The molecular weight excluding hydrogens is 218 g/mol. The summed E-state index contributed by atoms with van der Waals surface area (Å²) >= 11 is 0. The summed E-state index contributed by atoms with van der Waals surface area (Å²) in [5.41, 5.74) is 0.412. The van der Waals surface area contributed by atoms with E-state index in [9.17, 15) is 14.9 Å². The molecule has 0 spiro atoms. The van der Waals surface area contributed by atoms with Crippen LogP contribution < -0.4 is 0 Å². The van der Waals surface area contributed by atoms with Gasteiger partial charge in [-0.1, -0.05) is 26.8 Å². The van der Waals surface area contributed by atoms with Gasteiger partial charge < -0.3 is 0 Å². The smallest absolute Gasteiger partial charge is 0.269 e. The third kappa shape index (κ3) is 3.83. The molecule has 1 rings (SSSR count). The molecule has 0 N–H and O–H groups in total. The van der Waals surface area contributed by atoms with Gasteiger partial charge in [0.25, 0.3) is 5.69 Å². The zero-order valence-electron chi connectivity index (χ0n) is 10.1. The van der Waals surface area contributed by atoms with Crippen LogP contribution in [0.1, 0.15) is 26.3 Å². The highest BCUT2D eigenvalue weighted by atomic mass is 16.6. The summed E-state index contributed by atoms with van der Waals surface area (Å²) in [5.74, 6) is 0.0239. The number of hydrogen-bond donors (Lipinski definition) is 0. The number of hydrogen-bond acceptors (Lipinski definition) is 3. The molecule has 0 aromatic heterocycles. The number of allylic oxidation sites excluding steroid dienone is 1. The van der Waals surface area contributed by atoms with E-state index in [-0.39, 0.29) is 11.5 Å². The lowest BCUT2D eigenvalue weighted by Crippen LogP contribution is -2.17. The second-order valence-electron chi connectivity index (χ2n) is 4.80. The van der Waals surface area contributed by atoms with Crippen LogP contribution in [0, 0.1) is 15.5 Å². The number of nitrogens with zero attached hydrogens (tertiary/aromatic N) is 1. The second kappa shape index (κ2) is 4.91. The molecule has 0 amide bonds. The maximum absolute atomic E-state index is 11.6. The van der Waals surface area contributed by atoms with Crippen LogP contribution in [0.2, 0.25) is 0 Å². The minimum absolute atomic E-state index is 0.0239. The summed E-state index contributed by atoms with van der Waals surface area (Å²) in [7, 11) is 0. The van der Waals surface area contributed by atoms with E-state index in [1.807, 2.05) is 20.8 Å². The minimum atomic E-state index is -0.451. The monoisotopic (exact) mass is 233 g/mol. The van der Waals surface area contributed by atoms with Crippen LogP contribution in [0.15, 0.2) is 30.3 Å². The van der Waals surface area contributed by atoms with E-state index in [1.54, 1.807) is 18.2 Å². The molecule has 17 heavy (non-hydrogen) atoms. The standard InChI is InChI=1S/C13H15NO3/c1-13(2,3)12(15)9-6-10-4-7-11(8-5-10)14(16)17/h4-9H,1-3H3/b9-6-. The lowest BCUT2D eigenvalue weighted by Gasteiger charge is -2.12. The van der Waals surface area contributed by atoms with Crippen LogP contribution in [-0.4, -0.2) is 10.7 Å². The molecule has 4 nitrogen and oxygen atoms in total. The fourth-order valence-electron chi connectivity index (χ4n) is 1.13. The molecule has 0 unspecified atom stereocenters. The van der Waals surface area contributed by atoms with E-state index in [0.29, 0.717) is 0 Å². The number of nitro groups is 1. The van der Waals surface area contributed by atoms with Crippen molar-refractivity contribution >= 4 is 17.5 Å². The maximum Gasteiger partial charge on any atom is 0.269 e. The molecule has 0 radical (unpaired) electrons. The van der Waals surface area contributed by atoms with E-state index in [2.05, 4.69) is 0 Å². The summed E-state index contributed by atoms with van der Waals surface area (Å²) in [5, 5.41) is 10.4. The zero-order chi connectivity index (χ0) is 13.1. The zero-order valence-corrected chi connectivity index (χ0v) is 10.1. The Balaban J connectivity index is 2.80. The second-order valence-corrected chi connectivity index (χ2v) is 4.80. The van der Waals surface area contributed by atoms with Crippen LogP contribution >= 0.6 is 0 Å². The van der Waals surface area contributed by atoms with Crippen molar-refractivity contribution in [3.8, 4) is 0 Å². The average molecular weight is 233 g/mol. The van der Waals surface area contributed by atoms with E-state index in [1.165, 1.54) is 18.2 Å². The van der Waals surface area contributed by atoms with E-state index < -0.39 is 10.3 Å². The topological polar surface area (TPSA) is 60.2 Å². The number of nitro benzene ring substituents is 1. The third-order valence-electron chi connectivity index (χ3n) is 2.27. The molecule has 0 atom stereocenters. The predicted molar refractivity (Wildman–Crippen MR) is 66.6 cm³/mol. The summed E-state index contributed by atoms with van der Waals surface area (Å²) < 4.78 is 0. The van der Waals surface area contributed by atoms with Gasteiger partial charge in [0.05, 0.1) is 4.92 Å². The lowest BCUT2D eigenvalue weighted by atomic mass is 9.90. The summed E-state index contributed by atoms with van der Waals surface area (Å²) in [4.78, 5) is 21.6. The Hall–Kier alpha value is -1.97. The largest absolute Gasteiger partial charge is 0.294 e. The normalized spacial score (nSPS) is 11.7. The molecule has 90 valence electrons. The van der Waals surface area contributed by atoms with Gasteiger partial charge in [0.2, 0.25) is 0 Å². The number of ketones is 1. The molecule has 1 aromatic rings. The molecule has 0 heterocycles. The third-order valence-corrected chi connectivity index (χ3v) is 2.27. The summed E-state index contributed by atoms with van der Waals surface area (Å²) in [6.45, 7) is 5.53. The van der Waals surface area contributed by atoms with E-state index >= 15 is 0 Å². The molecule has 0 saturated heterocycles. The first-order valence-corrected chi connectivity index (χ1v) is 5.27. The van der Waals surface area contributed by atoms with Gasteiger partial charge >= 0.3 is 0 Å². The first kappa shape index (κ1) is 13.1. The number of non-ortho nitro benzene ring substituents is 1. The Kier molecular flexibility index (Phi) is 3.78. The van der Waals surface area contributed by atoms with E-state index in [0.717, 1.165) is 5.56 Å². The molecule has 0 fully saturated rings. The highest BCUT2D eigenvalue weighted by Gasteiger charge is 2.17. The molecule has 4 heteroatoms. The lowest BCUT2D eigenvalue weighted by molar-refractivity contribution is -0.384. The summed E-state index contributed by atoms with van der Waals surface area (Å²) in [6, 6.07) is 6.07. The SMILES string of the molecule is CC(C)(C)C(=O)/C=C\c1ccc([N+](=O)[O-])cc1. The predicted octanol–water partition coefficient (Wildman–Crippen LogP) is 3.22. The van der Waals surface area contributed by atoms with Crippen molar-refractivity contribution in [3.63, 3.8) is 0 Å². The Morgan fingerprint density at radius 1 is 1.24 bits per heavy atom. The number of rotatable bonds is 3. The Morgan fingerprint density at radius 2 is 1.76 bits per heavy atom. The van der Waals surface area contributed by atoms with Gasteiger partial charge in [-0.2, -0.15) is 0 Å². The number of carbonyl (C=O) groups is 1. The van der Waals surface area contributed by atoms with Crippen LogP contribution in [0.25, 0.3) is 6.08 Å². The molecule has 0 aliphatic carbocycles. The van der Waals surface area contributed by atoms with Crippen molar-refractivity contribution in [1.29, 1.82) is 0 Å². The molecule has 0 bridgehead atoms. The number of carbonyl (C=O) groups excluding carboxylic acids is 1. The van der Waals surface area contributed by atoms with E-state index in [4.69, 9.17) is 0 Å². The van der Waals surface area contributed by atoms with Gasteiger partial charge in [0, 0.05) is 17.5 Å². The molecule has 1 aromatic carbocycles. The molecular formula is C13H15NO3. The maximum atomic E-state index is 11.6. The van der Waals surface area contributed by atoms with Gasteiger partial charge in [-0.25, -0.2) is 0 Å². The Labute approximate surface area is 100 Å². The highest BCUT2D eigenvalue weighted by molar-refractivity contribution is 5.97. The van der Waals surface area contributed by atoms with Crippen LogP contribution in [-0.2, 0) is 4.79 Å². The fourth-order valence-corrected chi connectivity index (χ4v) is 1.13. The molecule has 0 aliphatic heterocycles. The first-order valence-electron chi connectivity index (χ1n) is 5.27. The Morgan fingerprint density at radius 3 is 2.18 bits per heavy atom. The van der Waals surface area contributed by atoms with Crippen molar-refractivity contribution in [2.45, 2.75) is 20.8 Å². The number of benzene rings is 1. The van der Waals surface area contributed by atoms with Crippen molar-refractivity contribution in [2.24, 2.45) is 5.41 Å². The minimum Gasteiger partial charge on any atom is -0.294 e. The van der Waals surface area contributed by atoms with Crippen molar-refractivity contribution in [3.05, 3.63) is 46.0 Å². The van der Waals surface area contributed by atoms with Crippen LogP contribution in [0.3, 0.4) is 0 Å². The van der Waals surface area contributed by atoms with Gasteiger partial charge in [-0.05, 0) is 23.8 Å². The van der Waals surface area contributed by atoms with Gasteiger partial charge in [0.15, 0.2) is 5.78 Å². The summed E-state index contributed by atoms with van der Waals surface area (Å²) in [6.07, 6.45) is 3.17. The van der Waals surface area contributed by atoms with Crippen molar-refractivity contribution < 1.29 is 9.72 Å². The average Bonchev–Trinajstić information content (AvgIpc) is 2.25. The first-order chi connectivity index (χ1) is 7.80. The molecule has 0 saturated carbocycles. The quantitative estimate of drug-likeness (QED) is 0.457. The highest BCUT2D eigenvalue weighted by Crippen LogP contribution is 2.17. The van der Waals surface area contributed by atoms with Gasteiger partial charge in [0.1, 0.15) is 0 Å². The van der Waals surface area contributed by atoms with Crippen LogP contribution in [0.4, 0.5) is 5.69 Å². The van der Waals surface area contributed by atoms with Gasteiger partial charge in [-0.3, -0.25) is 14.9 Å². The molecule has 0 aliphatic rings. The van der Waals surface area contributed by atoms with Crippen molar-refractivity contribution in [2.75, 3.05) is 0 Å². The van der Waals surface area contributed by atoms with Crippen LogP contribution in [0.5, 0.6) is 0 Å². The Bertz CT molecular complexity index is 453. The van der Waals surface area contributed by atoms with Crippen molar-refractivity contribution in [1.82, 2.24) is 0 Å².